The van der Waals surface area contributed by atoms with Crippen molar-refractivity contribution in [3.05, 3.63) is 58.6 Å². The van der Waals surface area contributed by atoms with E-state index in [0.717, 1.165) is 15.2 Å². The molecule has 3 aromatic rings. The van der Waals surface area contributed by atoms with Gasteiger partial charge in [0, 0.05) is 12.1 Å². The van der Waals surface area contributed by atoms with Crippen molar-refractivity contribution in [3.8, 4) is 0 Å². The van der Waals surface area contributed by atoms with Crippen molar-refractivity contribution in [2.24, 2.45) is 0 Å². The second-order valence-corrected chi connectivity index (χ2v) is 9.40. The number of amides is 1. The van der Waals surface area contributed by atoms with Crippen LogP contribution in [0.3, 0.4) is 0 Å². The zero-order chi connectivity index (χ0) is 18.9. The van der Waals surface area contributed by atoms with Crippen LogP contribution in [0.25, 0.3) is 10.2 Å². The molecular formula is C18H17ClN2O3S2. The third-order valence-corrected chi connectivity index (χ3v) is 7.20. The second-order valence-electron chi connectivity index (χ2n) is 5.91. The van der Waals surface area contributed by atoms with Crippen LogP contribution in [-0.4, -0.2) is 37.0 Å². The van der Waals surface area contributed by atoms with Gasteiger partial charge < -0.3 is 4.90 Å². The number of hydrogen-bond acceptors (Lipinski definition) is 5. The molecule has 1 aromatic heterocycles. The van der Waals surface area contributed by atoms with E-state index in [1.54, 1.807) is 7.05 Å². The lowest BCUT2D eigenvalue weighted by molar-refractivity contribution is -0.129. The summed E-state index contributed by atoms with van der Waals surface area (Å²) in [5, 5.41) is 1.21. The average molecular weight is 409 g/mol. The molecule has 0 aliphatic rings. The summed E-state index contributed by atoms with van der Waals surface area (Å²) in [5.74, 6) is -1.08. The predicted octanol–water partition coefficient (Wildman–Crippen LogP) is 3.94. The van der Waals surface area contributed by atoms with Gasteiger partial charge >= 0.3 is 0 Å². The van der Waals surface area contributed by atoms with Gasteiger partial charge in [-0.1, -0.05) is 23.7 Å². The van der Waals surface area contributed by atoms with E-state index in [9.17, 15) is 13.2 Å². The summed E-state index contributed by atoms with van der Waals surface area (Å²) in [6.07, 6.45) is 0. The molecule has 26 heavy (non-hydrogen) atoms. The molecule has 0 saturated heterocycles. The Morgan fingerprint density at radius 3 is 2.50 bits per heavy atom. The van der Waals surface area contributed by atoms with Crippen molar-refractivity contribution < 1.29 is 13.2 Å². The fourth-order valence-corrected chi connectivity index (χ4v) is 4.88. The van der Waals surface area contributed by atoms with Gasteiger partial charge in [0.25, 0.3) is 0 Å². The number of para-hydroxylation sites is 1. The molecule has 0 radical (unpaired) electrons. The summed E-state index contributed by atoms with van der Waals surface area (Å²) in [7, 11) is -2.13. The first-order chi connectivity index (χ1) is 12.3. The Labute approximate surface area is 161 Å². The number of fused-ring (bicyclic) bond motifs is 1. The lowest BCUT2D eigenvalue weighted by atomic mass is 10.3. The molecule has 3 rings (SSSR count). The van der Waals surface area contributed by atoms with Gasteiger partial charge in [-0.2, -0.15) is 0 Å². The first kappa shape index (κ1) is 18.8. The Bertz CT molecular complexity index is 1010. The molecule has 136 valence electrons. The number of nitrogens with zero attached hydrogens (tertiary/aromatic N) is 2. The fourth-order valence-electron chi connectivity index (χ4n) is 2.44. The van der Waals surface area contributed by atoms with Crippen molar-refractivity contribution in [2.45, 2.75) is 17.9 Å². The summed E-state index contributed by atoms with van der Waals surface area (Å²) in [6.45, 7) is 1.84. The highest BCUT2D eigenvalue weighted by Gasteiger charge is 2.26. The summed E-state index contributed by atoms with van der Waals surface area (Å²) in [4.78, 5) is 18.6. The first-order valence-electron chi connectivity index (χ1n) is 7.87. The van der Waals surface area contributed by atoms with Gasteiger partial charge in [0.2, 0.25) is 5.91 Å². The fraction of sp³-hybridized carbons (Fsp3) is 0.222. The maximum atomic E-state index is 12.5. The highest BCUT2D eigenvalue weighted by atomic mass is 35.5. The molecule has 8 heteroatoms. The van der Waals surface area contributed by atoms with Crippen LogP contribution in [0.5, 0.6) is 0 Å². The maximum absolute atomic E-state index is 12.5. The Hall–Kier alpha value is -1.96. The lowest BCUT2D eigenvalue weighted by Gasteiger charge is -2.23. The average Bonchev–Trinajstić information content (AvgIpc) is 3.04. The van der Waals surface area contributed by atoms with Gasteiger partial charge in [-0.15, -0.1) is 11.3 Å². The van der Waals surface area contributed by atoms with Gasteiger partial charge in [-0.05, 0) is 43.3 Å². The minimum absolute atomic E-state index is 0.0799. The molecule has 0 spiro atoms. The Morgan fingerprint density at radius 2 is 1.85 bits per heavy atom. The number of halogens is 1. The molecule has 0 aliphatic carbocycles. The van der Waals surface area contributed by atoms with Crippen LogP contribution in [0.4, 0.5) is 0 Å². The highest BCUT2D eigenvalue weighted by Crippen LogP contribution is 2.29. The van der Waals surface area contributed by atoms with Gasteiger partial charge in [-0.3, -0.25) is 4.79 Å². The minimum Gasteiger partial charge on any atom is -0.336 e. The SMILES string of the molecule is C[C@H](c1nc2ccccc2s1)N(C)C(=O)CS(=O)(=O)c1ccc(Cl)cc1. The van der Waals surface area contributed by atoms with E-state index in [1.165, 1.54) is 40.5 Å². The van der Waals surface area contributed by atoms with E-state index >= 15 is 0 Å². The highest BCUT2D eigenvalue weighted by molar-refractivity contribution is 7.92. The van der Waals surface area contributed by atoms with E-state index in [4.69, 9.17) is 11.6 Å². The monoisotopic (exact) mass is 408 g/mol. The van der Waals surface area contributed by atoms with Crippen molar-refractivity contribution in [1.82, 2.24) is 9.88 Å². The van der Waals surface area contributed by atoms with Gasteiger partial charge in [0.15, 0.2) is 9.84 Å². The number of hydrogen-bond donors (Lipinski definition) is 0. The number of thiazole rings is 1. The Balaban J connectivity index is 1.77. The Kier molecular flexibility index (Phi) is 5.32. The quantitative estimate of drug-likeness (QED) is 0.641. The van der Waals surface area contributed by atoms with Gasteiger partial charge in [0.1, 0.15) is 10.8 Å². The number of aromatic nitrogens is 1. The van der Waals surface area contributed by atoms with E-state index < -0.39 is 21.5 Å². The van der Waals surface area contributed by atoms with Crippen LogP contribution >= 0.6 is 22.9 Å². The molecule has 1 atom stereocenters. The van der Waals surface area contributed by atoms with E-state index in [0.29, 0.717) is 5.02 Å². The van der Waals surface area contributed by atoms with Gasteiger partial charge in [-0.25, -0.2) is 13.4 Å². The number of benzene rings is 2. The summed E-state index contributed by atoms with van der Waals surface area (Å²) < 4.78 is 25.9. The predicted molar refractivity (Wildman–Crippen MR) is 104 cm³/mol. The second kappa shape index (κ2) is 7.34. The molecular weight excluding hydrogens is 392 g/mol. The standard InChI is InChI=1S/C18H17ClN2O3S2/c1-12(18-20-15-5-3-4-6-16(15)25-18)21(2)17(22)11-26(23,24)14-9-7-13(19)8-10-14/h3-10,12H,11H2,1-2H3/t12-/m1/s1. The molecule has 0 saturated carbocycles. The summed E-state index contributed by atoms with van der Waals surface area (Å²) in [5.41, 5.74) is 0.869. The molecule has 1 amide bonds. The molecule has 2 aromatic carbocycles. The maximum Gasteiger partial charge on any atom is 0.238 e. The molecule has 0 bridgehead atoms. The lowest BCUT2D eigenvalue weighted by Crippen LogP contribution is -2.34. The smallest absolute Gasteiger partial charge is 0.238 e. The number of sulfone groups is 1. The molecule has 0 N–H and O–H groups in total. The van der Waals surface area contributed by atoms with Crippen LogP contribution in [0.15, 0.2) is 53.4 Å². The van der Waals surface area contributed by atoms with Crippen LogP contribution in [0, 0.1) is 0 Å². The van der Waals surface area contributed by atoms with Crippen LogP contribution in [0.1, 0.15) is 18.0 Å². The number of carbonyl (C=O) groups excluding carboxylic acids is 1. The van der Waals surface area contributed by atoms with Crippen LogP contribution in [0.2, 0.25) is 5.02 Å². The number of rotatable bonds is 5. The zero-order valence-corrected chi connectivity index (χ0v) is 16.6. The first-order valence-corrected chi connectivity index (χ1v) is 10.7. The third-order valence-electron chi connectivity index (χ3n) is 4.13. The molecule has 5 nitrogen and oxygen atoms in total. The molecule has 0 unspecified atom stereocenters. The molecule has 0 fully saturated rings. The van der Waals surface area contributed by atoms with Crippen molar-refractivity contribution >= 4 is 48.9 Å². The van der Waals surface area contributed by atoms with Crippen molar-refractivity contribution in [2.75, 3.05) is 12.8 Å². The Morgan fingerprint density at radius 1 is 1.19 bits per heavy atom. The molecule has 1 heterocycles. The van der Waals surface area contributed by atoms with Crippen molar-refractivity contribution in [1.29, 1.82) is 0 Å². The normalized spacial score (nSPS) is 12.9. The largest absolute Gasteiger partial charge is 0.336 e. The van der Waals surface area contributed by atoms with E-state index in [1.807, 2.05) is 31.2 Å². The van der Waals surface area contributed by atoms with Crippen LogP contribution < -0.4 is 0 Å². The zero-order valence-electron chi connectivity index (χ0n) is 14.2. The summed E-state index contributed by atoms with van der Waals surface area (Å²) >= 11 is 7.28. The third kappa shape index (κ3) is 3.90. The summed E-state index contributed by atoms with van der Waals surface area (Å²) in [6, 6.07) is 13.2. The van der Waals surface area contributed by atoms with E-state index in [2.05, 4.69) is 4.98 Å². The van der Waals surface area contributed by atoms with Crippen molar-refractivity contribution in [3.63, 3.8) is 0 Å². The van der Waals surface area contributed by atoms with E-state index in [-0.39, 0.29) is 10.9 Å². The van der Waals surface area contributed by atoms with Gasteiger partial charge in [0.05, 0.1) is 21.2 Å². The number of carbonyl (C=O) groups is 1. The van der Waals surface area contributed by atoms with Crippen LogP contribution in [-0.2, 0) is 14.6 Å². The topological polar surface area (TPSA) is 67.3 Å². The minimum atomic E-state index is -3.73. The molecule has 0 aliphatic heterocycles.